The van der Waals surface area contributed by atoms with Crippen molar-refractivity contribution in [1.29, 1.82) is 0 Å². The molecule has 2 amide bonds. The molecular weight excluding hydrogens is 590 g/mol. The average Bonchev–Trinajstić information content (AvgIpc) is 3.13. The van der Waals surface area contributed by atoms with E-state index in [0.29, 0.717) is 30.0 Å². The minimum Gasteiger partial charge on any atom is -0.507 e. The van der Waals surface area contributed by atoms with Crippen LogP contribution in [0.5, 0.6) is 5.75 Å². The summed E-state index contributed by atoms with van der Waals surface area (Å²) in [4.78, 5) is 37.2. The fourth-order valence-electron chi connectivity index (χ4n) is 6.93. The number of carbonyl (C=O) groups excluding carboxylic acids is 3. The Morgan fingerprint density at radius 3 is 2.21 bits per heavy atom. The van der Waals surface area contributed by atoms with Gasteiger partial charge in [-0.2, -0.15) is 10.2 Å². The minimum absolute atomic E-state index is 0.155. The number of aromatic hydroxyl groups is 1. The van der Waals surface area contributed by atoms with Gasteiger partial charge in [0.2, 0.25) is 11.8 Å². The molecule has 3 N–H and O–H groups in total. The molecule has 0 saturated carbocycles. The molecule has 47 heavy (non-hydrogen) atoms. The van der Waals surface area contributed by atoms with Crippen LogP contribution in [0.15, 0.2) is 91.1 Å². The summed E-state index contributed by atoms with van der Waals surface area (Å²) in [5.41, 5.74) is 5.31. The zero-order valence-electron chi connectivity index (χ0n) is 26.5. The molecule has 7 rings (SSSR count). The summed E-state index contributed by atoms with van der Waals surface area (Å²) in [6, 6.07) is 27.5. The topological polar surface area (TPSA) is 125 Å². The number of nitrogens with zero attached hydrogens (tertiary/aromatic N) is 3. The first-order chi connectivity index (χ1) is 23.0. The number of anilines is 1. The van der Waals surface area contributed by atoms with Crippen molar-refractivity contribution in [2.24, 2.45) is 0 Å². The van der Waals surface area contributed by atoms with E-state index in [2.05, 4.69) is 50.0 Å². The lowest BCUT2D eigenvalue weighted by atomic mass is 9.74. The molecule has 4 aromatic rings. The molecule has 9 heteroatoms. The summed E-state index contributed by atoms with van der Waals surface area (Å²) in [6.45, 7) is 3.69. The third-order valence-electron chi connectivity index (χ3n) is 9.80. The number of para-hydroxylation sites is 1. The Kier molecular flexibility index (Phi) is 10.0. The number of aldehydes is 1. The molecule has 0 spiro atoms. The molecule has 3 saturated heterocycles. The standard InChI is InChI=1S/C22H21N3O2.C16H20N2O2/c26-16-22(17-6-2-1-3-7-17)10-12-25(13-11-22)18-14-20(24-23-15-18)19-8-4-5-9-21(19)27;19-15-6-5-14(16(20)18-15)13-3-1-11(2-4-13)12-7-9-17-10-8-12/h1-9,14-16,27H,10-13H2;1-4,12,14,17H,5-10H2,(H,18,19,20). The van der Waals surface area contributed by atoms with Crippen molar-refractivity contribution in [3.05, 3.63) is 108 Å². The van der Waals surface area contributed by atoms with E-state index in [4.69, 9.17) is 0 Å². The predicted octanol–water partition coefficient (Wildman–Crippen LogP) is 5.26. The molecule has 1 unspecified atom stereocenters. The van der Waals surface area contributed by atoms with Crippen molar-refractivity contribution in [2.45, 2.75) is 55.8 Å². The van der Waals surface area contributed by atoms with Gasteiger partial charge < -0.3 is 20.1 Å². The van der Waals surface area contributed by atoms with Crippen LogP contribution in [0.1, 0.15) is 67.1 Å². The van der Waals surface area contributed by atoms with Gasteiger partial charge >= 0.3 is 0 Å². The SMILES string of the molecule is O=C1CCC(c2ccc(C3CCNCC3)cc2)C(=O)N1.O=CC1(c2ccccc2)CCN(c2cnnc(-c3ccccc3O)c2)CC1. The smallest absolute Gasteiger partial charge is 0.234 e. The molecule has 3 fully saturated rings. The number of hydrogen-bond donors (Lipinski definition) is 3. The Morgan fingerprint density at radius 1 is 0.851 bits per heavy atom. The van der Waals surface area contributed by atoms with Crippen LogP contribution in [-0.2, 0) is 19.8 Å². The lowest BCUT2D eigenvalue weighted by Crippen LogP contribution is -2.43. The van der Waals surface area contributed by atoms with Gasteiger partial charge in [0.05, 0.1) is 28.9 Å². The van der Waals surface area contributed by atoms with E-state index >= 15 is 0 Å². The number of phenols is 1. The zero-order valence-corrected chi connectivity index (χ0v) is 26.5. The van der Waals surface area contributed by atoms with Gasteiger partial charge in [-0.25, -0.2) is 0 Å². The lowest BCUT2D eigenvalue weighted by Gasteiger charge is -2.39. The summed E-state index contributed by atoms with van der Waals surface area (Å²) in [5, 5.41) is 24.1. The van der Waals surface area contributed by atoms with Crippen molar-refractivity contribution >= 4 is 23.8 Å². The van der Waals surface area contributed by atoms with Crippen molar-refractivity contribution in [1.82, 2.24) is 20.8 Å². The summed E-state index contributed by atoms with van der Waals surface area (Å²) >= 11 is 0. The van der Waals surface area contributed by atoms with Gasteiger partial charge in [0, 0.05) is 25.1 Å². The highest BCUT2D eigenvalue weighted by Gasteiger charge is 2.36. The maximum absolute atomic E-state index is 11.9. The van der Waals surface area contributed by atoms with E-state index in [1.807, 2.05) is 48.5 Å². The van der Waals surface area contributed by atoms with E-state index in [9.17, 15) is 19.5 Å². The van der Waals surface area contributed by atoms with Gasteiger partial charge in [-0.15, -0.1) is 0 Å². The zero-order chi connectivity index (χ0) is 32.6. The van der Waals surface area contributed by atoms with Crippen molar-refractivity contribution in [2.75, 3.05) is 31.1 Å². The number of amides is 2. The molecule has 1 aromatic heterocycles. The second-order valence-corrected chi connectivity index (χ2v) is 12.6. The number of aromatic nitrogens is 2. The molecule has 9 nitrogen and oxygen atoms in total. The van der Waals surface area contributed by atoms with Crippen LogP contribution in [0.3, 0.4) is 0 Å². The van der Waals surface area contributed by atoms with E-state index in [1.165, 1.54) is 18.4 Å². The first-order valence-corrected chi connectivity index (χ1v) is 16.5. The highest BCUT2D eigenvalue weighted by molar-refractivity contribution is 6.00. The number of nitrogens with one attached hydrogen (secondary N) is 2. The second kappa shape index (κ2) is 14.7. The van der Waals surface area contributed by atoms with E-state index in [0.717, 1.165) is 62.1 Å². The quantitative estimate of drug-likeness (QED) is 0.195. The number of phenolic OH excluding ortho intramolecular Hbond substituents is 1. The normalized spacial score (nSPS) is 19.7. The van der Waals surface area contributed by atoms with Crippen LogP contribution in [0.25, 0.3) is 11.3 Å². The van der Waals surface area contributed by atoms with Crippen LogP contribution in [-0.4, -0.2) is 59.6 Å². The van der Waals surface area contributed by atoms with Gasteiger partial charge in [0.25, 0.3) is 0 Å². The Morgan fingerprint density at radius 2 is 1.53 bits per heavy atom. The van der Waals surface area contributed by atoms with E-state index < -0.39 is 5.41 Å². The van der Waals surface area contributed by atoms with Gasteiger partial charge in [-0.3, -0.25) is 14.9 Å². The third kappa shape index (κ3) is 7.41. The number of rotatable bonds is 6. The first-order valence-electron chi connectivity index (χ1n) is 16.5. The second-order valence-electron chi connectivity index (χ2n) is 12.6. The summed E-state index contributed by atoms with van der Waals surface area (Å²) in [6.07, 6.45) is 7.78. The highest BCUT2D eigenvalue weighted by atomic mass is 16.3. The fraction of sp³-hybridized carbons (Fsp3) is 0.342. The highest BCUT2D eigenvalue weighted by Crippen LogP contribution is 2.36. The van der Waals surface area contributed by atoms with Crippen molar-refractivity contribution in [3.63, 3.8) is 0 Å². The largest absolute Gasteiger partial charge is 0.507 e. The Balaban J connectivity index is 0.000000172. The Bertz CT molecular complexity index is 1680. The number of imide groups is 1. The molecule has 4 heterocycles. The monoisotopic (exact) mass is 631 g/mol. The van der Waals surface area contributed by atoms with Gasteiger partial charge in [-0.05, 0) is 86.0 Å². The fourth-order valence-corrected chi connectivity index (χ4v) is 6.93. The summed E-state index contributed by atoms with van der Waals surface area (Å²) in [5.74, 6) is 0.335. The van der Waals surface area contributed by atoms with Crippen LogP contribution >= 0.6 is 0 Å². The van der Waals surface area contributed by atoms with Gasteiger partial charge in [0.1, 0.15) is 12.0 Å². The first kappa shape index (κ1) is 32.1. The molecule has 3 aliphatic heterocycles. The number of carbonyl (C=O) groups is 3. The summed E-state index contributed by atoms with van der Waals surface area (Å²) in [7, 11) is 0. The lowest BCUT2D eigenvalue weighted by molar-refractivity contribution is -0.134. The number of hydrogen-bond acceptors (Lipinski definition) is 8. The minimum atomic E-state index is -0.418. The van der Waals surface area contributed by atoms with Gasteiger partial charge in [0.15, 0.2) is 0 Å². The van der Waals surface area contributed by atoms with Gasteiger partial charge in [-0.1, -0.05) is 66.7 Å². The molecule has 242 valence electrons. The van der Waals surface area contributed by atoms with E-state index in [1.54, 1.807) is 18.3 Å². The molecule has 0 radical (unpaired) electrons. The maximum atomic E-state index is 11.9. The van der Waals surface area contributed by atoms with Crippen LogP contribution in [0, 0.1) is 0 Å². The Labute approximate surface area is 275 Å². The average molecular weight is 632 g/mol. The predicted molar refractivity (Wildman–Crippen MR) is 181 cm³/mol. The molecule has 0 bridgehead atoms. The molecular formula is C38H41N5O4. The molecule has 1 atom stereocenters. The summed E-state index contributed by atoms with van der Waals surface area (Å²) < 4.78 is 0. The van der Waals surface area contributed by atoms with Crippen LogP contribution in [0.2, 0.25) is 0 Å². The molecule has 3 aliphatic rings. The molecule has 3 aromatic carbocycles. The van der Waals surface area contributed by atoms with Crippen molar-refractivity contribution in [3.8, 4) is 17.0 Å². The molecule has 0 aliphatic carbocycles. The maximum Gasteiger partial charge on any atom is 0.234 e. The Hall–Kier alpha value is -4.89. The number of benzene rings is 3. The number of piperidine rings is 3. The van der Waals surface area contributed by atoms with Crippen molar-refractivity contribution < 1.29 is 19.5 Å². The van der Waals surface area contributed by atoms with Crippen LogP contribution < -0.4 is 15.5 Å². The van der Waals surface area contributed by atoms with E-state index in [-0.39, 0.29) is 23.5 Å². The third-order valence-corrected chi connectivity index (χ3v) is 9.80. The van der Waals surface area contributed by atoms with Crippen LogP contribution in [0.4, 0.5) is 5.69 Å².